The van der Waals surface area contributed by atoms with E-state index in [-0.39, 0.29) is 15.7 Å². The van der Waals surface area contributed by atoms with Crippen LogP contribution in [0.4, 0.5) is 0 Å². The highest BCUT2D eigenvalue weighted by atomic mass is 35.5. The topological polar surface area (TPSA) is 65.4 Å². The summed E-state index contributed by atoms with van der Waals surface area (Å²) in [4.78, 5) is 10.6. The van der Waals surface area contributed by atoms with E-state index in [4.69, 9.17) is 28.5 Å². The molecule has 0 spiro atoms. The summed E-state index contributed by atoms with van der Waals surface area (Å²) < 4.78 is 0. The van der Waals surface area contributed by atoms with Gasteiger partial charge in [0.2, 0.25) is 0 Å². The fourth-order valence-electron chi connectivity index (χ4n) is 0.992. The van der Waals surface area contributed by atoms with Crippen molar-refractivity contribution in [1.29, 1.82) is 5.26 Å². The zero-order valence-corrected chi connectivity index (χ0v) is 7.69. The first-order chi connectivity index (χ1) is 6.24. The van der Waals surface area contributed by atoms with Crippen LogP contribution in [0.1, 0.15) is 5.56 Å². The maximum atomic E-state index is 8.70. The Balaban J connectivity index is 2.95. The molecule has 6 heteroatoms. The minimum Gasteiger partial charge on any atom is -0.329 e. The molecule has 2 rings (SSSR count). The first-order valence-corrected chi connectivity index (χ1v) is 4.08. The third kappa shape index (κ3) is 1.13. The molecule has 2 heterocycles. The average Bonchev–Trinajstić information content (AvgIpc) is 2.53. The monoisotopic (exact) mass is 212 g/mol. The molecule has 0 radical (unpaired) electrons. The van der Waals surface area contributed by atoms with Gasteiger partial charge in [-0.15, -0.1) is 0 Å². The molecule has 0 saturated heterocycles. The highest BCUT2D eigenvalue weighted by Gasteiger charge is 2.13. The Morgan fingerprint density at radius 1 is 1.46 bits per heavy atom. The largest absolute Gasteiger partial charge is 0.329 e. The van der Waals surface area contributed by atoms with Gasteiger partial charge >= 0.3 is 0 Å². The predicted octanol–water partition coefficient (Wildman–Crippen LogP) is 2.14. The fraction of sp³-hybridized carbons (Fsp3) is 0. The van der Waals surface area contributed by atoms with Crippen LogP contribution in [0.5, 0.6) is 0 Å². The third-order valence-corrected chi connectivity index (χ3v) is 2.22. The lowest BCUT2D eigenvalue weighted by molar-refractivity contribution is 1.30. The Morgan fingerprint density at radius 3 is 2.92 bits per heavy atom. The molecule has 0 aliphatic rings. The van der Waals surface area contributed by atoms with E-state index < -0.39 is 0 Å². The predicted molar refractivity (Wildman–Crippen MR) is 48.6 cm³/mol. The van der Waals surface area contributed by atoms with Gasteiger partial charge < -0.3 is 4.98 Å². The Kier molecular flexibility index (Phi) is 1.83. The van der Waals surface area contributed by atoms with Crippen molar-refractivity contribution in [3.05, 3.63) is 22.1 Å². The second kappa shape index (κ2) is 2.87. The summed E-state index contributed by atoms with van der Waals surface area (Å²) in [7, 11) is 0. The van der Waals surface area contributed by atoms with Crippen LogP contribution >= 0.6 is 23.2 Å². The Morgan fingerprint density at radius 2 is 2.23 bits per heavy atom. The zero-order valence-electron chi connectivity index (χ0n) is 6.17. The highest BCUT2D eigenvalue weighted by Crippen LogP contribution is 2.27. The summed E-state index contributed by atoms with van der Waals surface area (Å²) in [6.07, 6.45) is 1.45. The lowest BCUT2D eigenvalue weighted by Crippen LogP contribution is -1.87. The molecule has 13 heavy (non-hydrogen) atoms. The smallest absolute Gasteiger partial charge is 0.160 e. The second-order valence-corrected chi connectivity index (χ2v) is 3.04. The van der Waals surface area contributed by atoms with E-state index in [1.807, 2.05) is 6.07 Å². The standard InChI is InChI=1S/C7H2Cl2N4/c8-4-3(1-10)6(9)13-7-5(4)11-2-12-7/h2H,(H,11,12,13). The summed E-state index contributed by atoms with van der Waals surface area (Å²) in [5.74, 6) is 0. The minimum absolute atomic E-state index is 0.0873. The normalized spacial score (nSPS) is 10.2. The number of hydrogen-bond acceptors (Lipinski definition) is 3. The maximum Gasteiger partial charge on any atom is 0.160 e. The molecule has 1 N–H and O–H groups in total. The Labute approximate surface area is 83.1 Å². The van der Waals surface area contributed by atoms with E-state index >= 15 is 0 Å². The van der Waals surface area contributed by atoms with Crippen molar-refractivity contribution in [1.82, 2.24) is 15.0 Å². The van der Waals surface area contributed by atoms with Gasteiger partial charge in [-0.1, -0.05) is 23.2 Å². The summed E-state index contributed by atoms with van der Waals surface area (Å²) in [6.45, 7) is 0. The van der Waals surface area contributed by atoms with Crippen molar-refractivity contribution < 1.29 is 0 Å². The van der Waals surface area contributed by atoms with Crippen LogP contribution in [0.15, 0.2) is 6.33 Å². The van der Waals surface area contributed by atoms with Crippen LogP contribution < -0.4 is 0 Å². The molecule has 0 amide bonds. The van der Waals surface area contributed by atoms with Gasteiger partial charge in [-0.2, -0.15) is 5.26 Å². The van der Waals surface area contributed by atoms with E-state index in [2.05, 4.69) is 15.0 Å². The summed E-state index contributed by atoms with van der Waals surface area (Å²) in [5, 5.41) is 9.02. The van der Waals surface area contributed by atoms with E-state index in [1.165, 1.54) is 6.33 Å². The van der Waals surface area contributed by atoms with Gasteiger partial charge in [0, 0.05) is 0 Å². The fourth-order valence-corrected chi connectivity index (χ4v) is 1.53. The van der Waals surface area contributed by atoms with E-state index in [0.29, 0.717) is 11.2 Å². The Hall–Kier alpha value is -1.31. The maximum absolute atomic E-state index is 8.70. The first-order valence-electron chi connectivity index (χ1n) is 3.32. The van der Waals surface area contributed by atoms with Crippen LogP contribution in [-0.2, 0) is 0 Å². The average molecular weight is 213 g/mol. The molecule has 0 saturated carbocycles. The number of pyridine rings is 1. The molecular weight excluding hydrogens is 211 g/mol. The molecule has 64 valence electrons. The molecule has 0 unspecified atom stereocenters. The van der Waals surface area contributed by atoms with Crippen LogP contribution in [-0.4, -0.2) is 15.0 Å². The number of nitrogens with one attached hydrogen (secondary N) is 1. The lowest BCUT2D eigenvalue weighted by atomic mass is 10.3. The Bertz CT molecular complexity index is 511. The molecule has 0 atom stereocenters. The number of imidazole rings is 1. The van der Waals surface area contributed by atoms with Gasteiger partial charge in [-0.05, 0) is 0 Å². The lowest BCUT2D eigenvalue weighted by Gasteiger charge is -1.97. The van der Waals surface area contributed by atoms with E-state index in [1.54, 1.807) is 0 Å². The molecule has 0 aliphatic carbocycles. The van der Waals surface area contributed by atoms with Crippen molar-refractivity contribution in [2.75, 3.05) is 0 Å². The van der Waals surface area contributed by atoms with E-state index in [0.717, 1.165) is 0 Å². The van der Waals surface area contributed by atoms with Crippen LogP contribution in [0.2, 0.25) is 10.2 Å². The number of aromatic amines is 1. The number of nitrogens with zero attached hydrogens (tertiary/aromatic N) is 3. The van der Waals surface area contributed by atoms with Crippen molar-refractivity contribution in [3.63, 3.8) is 0 Å². The van der Waals surface area contributed by atoms with Gasteiger partial charge in [-0.3, -0.25) is 0 Å². The number of nitriles is 1. The number of halogens is 2. The first kappa shape index (κ1) is 8.30. The summed E-state index contributed by atoms with van der Waals surface area (Å²) >= 11 is 11.6. The summed E-state index contributed by atoms with van der Waals surface area (Å²) in [5.41, 5.74) is 1.10. The number of H-pyrrole nitrogens is 1. The molecule has 4 nitrogen and oxygen atoms in total. The molecule has 0 fully saturated rings. The number of rotatable bonds is 0. The highest BCUT2D eigenvalue weighted by molar-refractivity contribution is 6.39. The van der Waals surface area contributed by atoms with Crippen LogP contribution in [0, 0.1) is 11.3 Å². The van der Waals surface area contributed by atoms with Crippen molar-refractivity contribution in [2.45, 2.75) is 0 Å². The molecule has 2 aromatic heterocycles. The zero-order chi connectivity index (χ0) is 9.42. The van der Waals surface area contributed by atoms with E-state index in [9.17, 15) is 0 Å². The minimum atomic E-state index is 0.0873. The number of hydrogen-bond donors (Lipinski definition) is 1. The van der Waals surface area contributed by atoms with Crippen molar-refractivity contribution in [2.24, 2.45) is 0 Å². The SMILES string of the molecule is N#Cc1c(Cl)nc2[nH]cnc2c1Cl. The van der Waals surface area contributed by atoms with Gasteiger partial charge in [0.15, 0.2) is 10.8 Å². The molecule has 0 aliphatic heterocycles. The molecule has 0 aromatic carbocycles. The second-order valence-electron chi connectivity index (χ2n) is 2.30. The number of fused-ring (bicyclic) bond motifs is 1. The van der Waals surface area contributed by atoms with Crippen molar-refractivity contribution in [3.8, 4) is 6.07 Å². The van der Waals surface area contributed by atoms with Gasteiger partial charge in [-0.25, -0.2) is 9.97 Å². The van der Waals surface area contributed by atoms with Gasteiger partial charge in [0.1, 0.15) is 17.1 Å². The molecule has 2 aromatic rings. The third-order valence-electron chi connectivity index (χ3n) is 1.57. The van der Waals surface area contributed by atoms with Crippen molar-refractivity contribution >= 4 is 34.4 Å². The van der Waals surface area contributed by atoms with Crippen LogP contribution in [0.3, 0.4) is 0 Å². The molecular formula is C7H2Cl2N4. The molecule has 0 bridgehead atoms. The number of aromatic nitrogens is 3. The van der Waals surface area contributed by atoms with Gasteiger partial charge in [0.25, 0.3) is 0 Å². The summed E-state index contributed by atoms with van der Waals surface area (Å²) in [6, 6.07) is 1.87. The quantitative estimate of drug-likeness (QED) is 0.681. The van der Waals surface area contributed by atoms with Crippen LogP contribution in [0.25, 0.3) is 11.2 Å². The van der Waals surface area contributed by atoms with Gasteiger partial charge in [0.05, 0.1) is 11.3 Å².